The van der Waals surface area contributed by atoms with Crippen LogP contribution in [-0.2, 0) is 0 Å². The van der Waals surface area contributed by atoms with Gasteiger partial charge in [0.05, 0.1) is 7.11 Å². The van der Waals surface area contributed by atoms with Gasteiger partial charge < -0.3 is 19.9 Å². The Kier molecular flexibility index (Phi) is 6.29. The van der Waals surface area contributed by atoms with Crippen LogP contribution >= 0.6 is 23.8 Å². The number of hydrogen-bond donors (Lipinski definition) is 1. The molecule has 0 heterocycles. The predicted octanol–water partition coefficient (Wildman–Crippen LogP) is 4.06. The fraction of sp³-hybridized carbons (Fsp3) is 0.278. The highest BCUT2D eigenvalue weighted by Crippen LogP contribution is 2.28. The minimum atomic E-state index is 0.316. The Hall–Kier alpha value is -1.98. The summed E-state index contributed by atoms with van der Waals surface area (Å²) in [5, 5.41) is 0.765. The van der Waals surface area contributed by atoms with E-state index in [1.807, 2.05) is 26.0 Å². The van der Waals surface area contributed by atoms with Gasteiger partial charge in [0.1, 0.15) is 24.0 Å². The lowest BCUT2D eigenvalue weighted by molar-refractivity contribution is 0.211. The molecule has 0 aliphatic heterocycles. The molecule has 0 unspecified atom stereocenters. The van der Waals surface area contributed by atoms with Crippen molar-refractivity contribution in [2.75, 3.05) is 20.3 Å². The Morgan fingerprint density at radius 2 is 1.67 bits per heavy atom. The number of thiocarbonyl (C=S) groups is 1. The molecule has 4 nitrogen and oxygen atoms in total. The summed E-state index contributed by atoms with van der Waals surface area (Å²) in [5.41, 5.74) is 8.32. The molecular formula is C18H20ClNO3S. The zero-order chi connectivity index (χ0) is 17.7. The highest BCUT2D eigenvalue weighted by atomic mass is 35.5. The van der Waals surface area contributed by atoms with Crippen molar-refractivity contribution in [3.8, 4) is 17.2 Å². The summed E-state index contributed by atoms with van der Waals surface area (Å²) in [6.45, 7) is 4.68. The lowest BCUT2D eigenvalue weighted by Crippen LogP contribution is -2.11. The highest BCUT2D eigenvalue weighted by molar-refractivity contribution is 7.80. The standard InChI is InChI=1S/C18H20ClNO3S/c1-11-8-14(9-12(2)17(11)19)22-6-7-23-15-5-4-13(18(20)24)10-16(15)21-3/h4-5,8-10H,6-7H2,1-3H3,(H2,20,24). The fourth-order valence-electron chi connectivity index (χ4n) is 2.24. The summed E-state index contributed by atoms with van der Waals surface area (Å²) in [4.78, 5) is 0.316. The van der Waals surface area contributed by atoms with Crippen LogP contribution in [-0.4, -0.2) is 25.3 Å². The van der Waals surface area contributed by atoms with E-state index in [0.717, 1.165) is 27.5 Å². The minimum absolute atomic E-state index is 0.316. The average molecular weight is 366 g/mol. The second kappa shape index (κ2) is 8.22. The summed E-state index contributed by atoms with van der Waals surface area (Å²) >= 11 is 11.1. The van der Waals surface area contributed by atoms with Gasteiger partial charge in [0.15, 0.2) is 11.5 Å². The molecule has 0 bridgehead atoms. The van der Waals surface area contributed by atoms with Gasteiger partial charge in [-0.25, -0.2) is 0 Å². The van der Waals surface area contributed by atoms with E-state index in [1.54, 1.807) is 25.3 Å². The van der Waals surface area contributed by atoms with Crippen molar-refractivity contribution in [2.45, 2.75) is 13.8 Å². The number of aryl methyl sites for hydroxylation is 2. The van der Waals surface area contributed by atoms with Crippen molar-refractivity contribution < 1.29 is 14.2 Å². The molecule has 0 spiro atoms. The summed E-state index contributed by atoms with van der Waals surface area (Å²) in [7, 11) is 1.57. The molecule has 0 saturated heterocycles. The number of methoxy groups -OCH3 is 1. The van der Waals surface area contributed by atoms with Crippen LogP contribution in [0.25, 0.3) is 0 Å². The lowest BCUT2D eigenvalue weighted by Gasteiger charge is -2.13. The van der Waals surface area contributed by atoms with Gasteiger partial charge in [-0.1, -0.05) is 23.8 Å². The summed E-state index contributed by atoms with van der Waals surface area (Å²) < 4.78 is 16.7. The number of nitrogens with two attached hydrogens (primary N) is 1. The largest absolute Gasteiger partial charge is 0.493 e. The Morgan fingerprint density at radius 3 is 2.25 bits per heavy atom. The quantitative estimate of drug-likeness (QED) is 0.592. The minimum Gasteiger partial charge on any atom is -0.493 e. The molecule has 0 radical (unpaired) electrons. The summed E-state index contributed by atoms with van der Waals surface area (Å²) in [6, 6.07) is 9.15. The average Bonchev–Trinajstić information content (AvgIpc) is 2.56. The maximum atomic E-state index is 6.15. The number of halogens is 1. The molecule has 0 fully saturated rings. The van der Waals surface area contributed by atoms with Crippen LogP contribution in [0.3, 0.4) is 0 Å². The van der Waals surface area contributed by atoms with Crippen LogP contribution in [0.2, 0.25) is 5.02 Å². The third-order valence-electron chi connectivity index (χ3n) is 3.47. The van der Waals surface area contributed by atoms with E-state index in [4.69, 9.17) is 43.8 Å². The van der Waals surface area contributed by atoms with Gasteiger partial charge in [0.2, 0.25) is 0 Å². The van der Waals surface area contributed by atoms with Crippen molar-refractivity contribution in [2.24, 2.45) is 5.73 Å². The Bertz CT molecular complexity index is 726. The lowest BCUT2D eigenvalue weighted by atomic mass is 10.1. The smallest absolute Gasteiger partial charge is 0.161 e. The molecule has 128 valence electrons. The first kappa shape index (κ1) is 18.4. The first-order valence-electron chi connectivity index (χ1n) is 7.42. The molecule has 2 aromatic rings. The number of rotatable bonds is 7. The molecule has 6 heteroatoms. The third-order valence-corrected chi connectivity index (χ3v) is 4.30. The summed E-state index contributed by atoms with van der Waals surface area (Å²) in [5.74, 6) is 1.97. The molecule has 2 rings (SSSR count). The van der Waals surface area contributed by atoms with Gasteiger partial charge in [-0.3, -0.25) is 0 Å². The molecular weight excluding hydrogens is 346 g/mol. The number of ether oxygens (including phenoxy) is 3. The van der Waals surface area contributed by atoms with E-state index in [9.17, 15) is 0 Å². The Labute approximate surface area is 152 Å². The van der Waals surface area contributed by atoms with E-state index in [2.05, 4.69) is 0 Å². The molecule has 2 N–H and O–H groups in total. The van der Waals surface area contributed by atoms with Crippen LogP contribution in [0, 0.1) is 13.8 Å². The maximum absolute atomic E-state index is 6.15. The molecule has 24 heavy (non-hydrogen) atoms. The molecule has 0 aromatic heterocycles. The van der Waals surface area contributed by atoms with E-state index in [1.165, 1.54) is 0 Å². The van der Waals surface area contributed by atoms with Gasteiger partial charge in [-0.15, -0.1) is 0 Å². The van der Waals surface area contributed by atoms with E-state index >= 15 is 0 Å². The van der Waals surface area contributed by atoms with Crippen LogP contribution in [0.1, 0.15) is 16.7 Å². The molecule has 0 amide bonds. The first-order valence-corrected chi connectivity index (χ1v) is 8.21. The van der Waals surface area contributed by atoms with E-state index in [0.29, 0.717) is 29.7 Å². The van der Waals surface area contributed by atoms with Gasteiger partial charge in [0, 0.05) is 10.6 Å². The predicted molar refractivity (Wildman–Crippen MR) is 101 cm³/mol. The Balaban J connectivity index is 1.94. The van der Waals surface area contributed by atoms with Crippen LogP contribution in [0.5, 0.6) is 17.2 Å². The van der Waals surface area contributed by atoms with Gasteiger partial charge in [-0.05, 0) is 55.3 Å². The fourth-order valence-corrected chi connectivity index (χ4v) is 2.48. The molecule has 0 atom stereocenters. The monoisotopic (exact) mass is 365 g/mol. The molecule has 2 aromatic carbocycles. The number of hydrogen-bond acceptors (Lipinski definition) is 4. The van der Waals surface area contributed by atoms with E-state index < -0.39 is 0 Å². The zero-order valence-electron chi connectivity index (χ0n) is 13.9. The van der Waals surface area contributed by atoms with Crippen molar-refractivity contribution in [3.05, 3.63) is 52.0 Å². The van der Waals surface area contributed by atoms with Crippen molar-refractivity contribution in [3.63, 3.8) is 0 Å². The van der Waals surface area contributed by atoms with Crippen LogP contribution in [0.4, 0.5) is 0 Å². The van der Waals surface area contributed by atoms with Crippen LogP contribution < -0.4 is 19.9 Å². The normalized spacial score (nSPS) is 10.3. The molecule has 0 aliphatic rings. The topological polar surface area (TPSA) is 53.7 Å². The zero-order valence-corrected chi connectivity index (χ0v) is 15.5. The third kappa shape index (κ3) is 4.52. The van der Waals surface area contributed by atoms with Gasteiger partial charge in [0.25, 0.3) is 0 Å². The van der Waals surface area contributed by atoms with Crippen molar-refractivity contribution >= 4 is 28.8 Å². The first-order chi connectivity index (χ1) is 11.4. The van der Waals surface area contributed by atoms with Crippen molar-refractivity contribution in [1.82, 2.24) is 0 Å². The number of benzene rings is 2. The summed E-state index contributed by atoms with van der Waals surface area (Å²) in [6.07, 6.45) is 0. The van der Waals surface area contributed by atoms with Gasteiger partial charge in [-0.2, -0.15) is 0 Å². The SMILES string of the molecule is COc1cc(C(N)=S)ccc1OCCOc1cc(C)c(Cl)c(C)c1. The highest BCUT2D eigenvalue weighted by Gasteiger charge is 2.08. The van der Waals surface area contributed by atoms with Gasteiger partial charge >= 0.3 is 0 Å². The molecule has 0 aliphatic carbocycles. The second-order valence-electron chi connectivity index (χ2n) is 5.30. The Morgan fingerprint density at radius 1 is 1.04 bits per heavy atom. The van der Waals surface area contributed by atoms with Crippen molar-refractivity contribution in [1.29, 1.82) is 0 Å². The van der Waals surface area contributed by atoms with Crippen LogP contribution in [0.15, 0.2) is 30.3 Å². The van der Waals surface area contributed by atoms with E-state index in [-0.39, 0.29) is 0 Å². The second-order valence-corrected chi connectivity index (χ2v) is 6.12. The molecule has 0 saturated carbocycles. The maximum Gasteiger partial charge on any atom is 0.161 e.